The van der Waals surface area contributed by atoms with Gasteiger partial charge in [-0.25, -0.2) is 0 Å². The van der Waals surface area contributed by atoms with Gasteiger partial charge in [0.2, 0.25) is 5.91 Å². The predicted molar refractivity (Wildman–Crippen MR) is 55.8 cm³/mol. The van der Waals surface area contributed by atoms with Crippen molar-refractivity contribution >= 4 is 5.91 Å². The van der Waals surface area contributed by atoms with Gasteiger partial charge in [-0.3, -0.25) is 4.79 Å². The topological polar surface area (TPSA) is 73.1 Å². The van der Waals surface area contributed by atoms with Crippen LogP contribution in [0.15, 0.2) is 0 Å². The Balaban J connectivity index is 2.50. The number of carbonyl (C=O) groups excluding carboxylic acids is 1. The van der Waals surface area contributed by atoms with Crippen LogP contribution in [0.4, 0.5) is 0 Å². The van der Waals surface area contributed by atoms with Crippen LogP contribution in [-0.4, -0.2) is 23.7 Å². The minimum atomic E-state index is -0.802. The second-order valence-electron chi connectivity index (χ2n) is 4.59. The minimum absolute atomic E-state index is 0.0530. The molecule has 0 radical (unpaired) electrons. The SMILES string of the molecule is CC1CC(C#N)(C(=O)NC(C)CCO)C1. The van der Waals surface area contributed by atoms with Gasteiger partial charge in [-0.2, -0.15) is 5.26 Å². The predicted octanol–water partition coefficient (Wildman–Crippen LogP) is 0.813. The molecule has 15 heavy (non-hydrogen) atoms. The van der Waals surface area contributed by atoms with Crippen LogP contribution in [0.1, 0.15) is 33.1 Å². The van der Waals surface area contributed by atoms with Crippen molar-refractivity contribution in [2.75, 3.05) is 6.61 Å². The van der Waals surface area contributed by atoms with Crippen molar-refractivity contribution in [1.29, 1.82) is 5.26 Å². The van der Waals surface area contributed by atoms with Gasteiger partial charge in [-0.1, -0.05) is 6.92 Å². The van der Waals surface area contributed by atoms with Crippen molar-refractivity contribution in [3.63, 3.8) is 0 Å². The largest absolute Gasteiger partial charge is 0.396 e. The molecule has 0 spiro atoms. The number of hydrogen-bond donors (Lipinski definition) is 2. The summed E-state index contributed by atoms with van der Waals surface area (Å²) in [4.78, 5) is 11.8. The third kappa shape index (κ3) is 2.48. The van der Waals surface area contributed by atoms with Crippen molar-refractivity contribution in [3.8, 4) is 6.07 Å². The van der Waals surface area contributed by atoms with Crippen LogP contribution in [-0.2, 0) is 4.79 Å². The Morgan fingerprint density at radius 1 is 1.73 bits per heavy atom. The number of rotatable bonds is 4. The first kappa shape index (κ1) is 12.0. The van der Waals surface area contributed by atoms with E-state index in [1.165, 1.54) is 0 Å². The van der Waals surface area contributed by atoms with Crippen molar-refractivity contribution in [3.05, 3.63) is 0 Å². The molecule has 1 amide bonds. The number of nitriles is 1. The van der Waals surface area contributed by atoms with E-state index in [1.807, 2.05) is 13.8 Å². The molecule has 1 unspecified atom stereocenters. The van der Waals surface area contributed by atoms with Gasteiger partial charge < -0.3 is 10.4 Å². The Morgan fingerprint density at radius 2 is 2.33 bits per heavy atom. The van der Waals surface area contributed by atoms with E-state index < -0.39 is 5.41 Å². The Labute approximate surface area is 90.3 Å². The summed E-state index contributed by atoms with van der Waals surface area (Å²) in [5, 5.41) is 20.5. The van der Waals surface area contributed by atoms with Crippen LogP contribution in [0, 0.1) is 22.7 Å². The van der Waals surface area contributed by atoms with E-state index >= 15 is 0 Å². The van der Waals surface area contributed by atoms with Gasteiger partial charge in [-0.15, -0.1) is 0 Å². The zero-order valence-corrected chi connectivity index (χ0v) is 9.29. The van der Waals surface area contributed by atoms with Gasteiger partial charge in [-0.05, 0) is 32.1 Å². The first-order chi connectivity index (χ1) is 7.04. The van der Waals surface area contributed by atoms with E-state index in [9.17, 15) is 4.79 Å². The summed E-state index contributed by atoms with van der Waals surface area (Å²) < 4.78 is 0. The van der Waals surface area contributed by atoms with Gasteiger partial charge in [0.25, 0.3) is 0 Å². The molecule has 1 saturated carbocycles. The number of hydrogen-bond acceptors (Lipinski definition) is 3. The summed E-state index contributed by atoms with van der Waals surface area (Å²) in [6.45, 7) is 3.93. The highest BCUT2D eigenvalue weighted by Crippen LogP contribution is 2.45. The van der Waals surface area contributed by atoms with Crippen LogP contribution >= 0.6 is 0 Å². The molecule has 1 aliphatic carbocycles. The molecule has 4 heteroatoms. The Morgan fingerprint density at radius 3 is 2.73 bits per heavy atom. The molecule has 0 bridgehead atoms. The molecule has 1 rings (SSSR count). The Bertz CT molecular complexity index is 277. The molecular formula is C11H18N2O2. The summed E-state index contributed by atoms with van der Waals surface area (Å²) in [6.07, 6.45) is 1.84. The van der Waals surface area contributed by atoms with Gasteiger partial charge >= 0.3 is 0 Å². The van der Waals surface area contributed by atoms with Gasteiger partial charge in [0.15, 0.2) is 0 Å². The third-order valence-electron chi connectivity index (χ3n) is 2.98. The standard InChI is InChI=1S/C11H18N2O2/c1-8-5-11(6-8,7-12)10(15)13-9(2)3-4-14/h8-9,14H,3-6H2,1-2H3,(H,13,15). The molecule has 0 aromatic rings. The average Bonchev–Trinajstić information content (AvgIpc) is 2.12. The average molecular weight is 210 g/mol. The summed E-state index contributed by atoms with van der Waals surface area (Å²) >= 11 is 0. The van der Waals surface area contributed by atoms with Crippen LogP contribution < -0.4 is 5.32 Å². The zero-order chi connectivity index (χ0) is 11.5. The normalized spacial score (nSPS) is 31.2. The van der Waals surface area contributed by atoms with E-state index in [1.54, 1.807) is 0 Å². The minimum Gasteiger partial charge on any atom is -0.396 e. The molecular weight excluding hydrogens is 192 g/mol. The quantitative estimate of drug-likeness (QED) is 0.721. The lowest BCUT2D eigenvalue weighted by Crippen LogP contribution is -2.50. The van der Waals surface area contributed by atoms with Gasteiger partial charge in [0.05, 0.1) is 6.07 Å². The zero-order valence-electron chi connectivity index (χ0n) is 9.29. The number of carbonyl (C=O) groups is 1. The molecule has 1 atom stereocenters. The molecule has 0 aliphatic heterocycles. The van der Waals surface area contributed by atoms with Crippen LogP contribution in [0.5, 0.6) is 0 Å². The molecule has 0 heterocycles. The molecule has 4 nitrogen and oxygen atoms in total. The lowest BCUT2D eigenvalue weighted by atomic mass is 9.63. The van der Waals surface area contributed by atoms with Crippen molar-refractivity contribution in [2.45, 2.75) is 39.2 Å². The van der Waals surface area contributed by atoms with E-state index in [0.717, 1.165) is 0 Å². The number of aliphatic hydroxyl groups is 1. The summed E-state index contributed by atoms with van der Waals surface area (Å²) in [7, 11) is 0. The van der Waals surface area contributed by atoms with Crippen LogP contribution in [0.25, 0.3) is 0 Å². The molecule has 0 aromatic carbocycles. The second-order valence-corrected chi connectivity index (χ2v) is 4.59. The van der Waals surface area contributed by atoms with Crippen molar-refractivity contribution in [1.82, 2.24) is 5.32 Å². The van der Waals surface area contributed by atoms with E-state index in [-0.39, 0.29) is 18.6 Å². The lowest BCUT2D eigenvalue weighted by Gasteiger charge is -2.39. The Kier molecular flexibility index (Phi) is 3.70. The maximum atomic E-state index is 11.8. The molecule has 1 fully saturated rings. The number of aliphatic hydroxyl groups excluding tert-OH is 1. The molecule has 1 aliphatic rings. The number of nitrogens with one attached hydrogen (secondary N) is 1. The molecule has 0 aromatic heterocycles. The maximum absolute atomic E-state index is 11.8. The smallest absolute Gasteiger partial charge is 0.240 e. The van der Waals surface area contributed by atoms with Gasteiger partial charge in [0, 0.05) is 12.6 Å². The number of amides is 1. The summed E-state index contributed by atoms with van der Waals surface area (Å²) in [5.74, 6) is 0.285. The monoisotopic (exact) mass is 210 g/mol. The first-order valence-electron chi connectivity index (χ1n) is 5.37. The van der Waals surface area contributed by atoms with Gasteiger partial charge in [0.1, 0.15) is 5.41 Å². The van der Waals surface area contributed by atoms with E-state index in [0.29, 0.717) is 25.2 Å². The lowest BCUT2D eigenvalue weighted by molar-refractivity contribution is -0.134. The second kappa shape index (κ2) is 4.63. The first-order valence-corrected chi connectivity index (χ1v) is 5.37. The fourth-order valence-electron chi connectivity index (χ4n) is 2.09. The van der Waals surface area contributed by atoms with E-state index in [4.69, 9.17) is 10.4 Å². The number of nitrogens with zero attached hydrogens (tertiary/aromatic N) is 1. The summed E-state index contributed by atoms with van der Waals surface area (Å²) in [5.41, 5.74) is -0.802. The fraction of sp³-hybridized carbons (Fsp3) is 0.818. The highest BCUT2D eigenvalue weighted by atomic mass is 16.3. The highest BCUT2D eigenvalue weighted by molar-refractivity contribution is 5.86. The molecule has 2 N–H and O–H groups in total. The molecule has 84 valence electrons. The molecule has 0 saturated heterocycles. The van der Waals surface area contributed by atoms with E-state index in [2.05, 4.69) is 11.4 Å². The van der Waals surface area contributed by atoms with Crippen LogP contribution in [0.2, 0.25) is 0 Å². The third-order valence-corrected chi connectivity index (χ3v) is 2.98. The van der Waals surface area contributed by atoms with Crippen LogP contribution in [0.3, 0.4) is 0 Å². The fourth-order valence-corrected chi connectivity index (χ4v) is 2.09. The highest BCUT2D eigenvalue weighted by Gasteiger charge is 2.49. The van der Waals surface area contributed by atoms with Crippen molar-refractivity contribution < 1.29 is 9.90 Å². The summed E-state index contributed by atoms with van der Waals surface area (Å²) in [6, 6.07) is 2.05. The maximum Gasteiger partial charge on any atom is 0.240 e. The Hall–Kier alpha value is -1.08. The van der Waals surface area contributed by atoms with Crippen molar-refractivity contribution in [2.24, 2.45) is 11.3 Å².